The lowest BCUT2D eigenvalue weighted by Crippen LogP contribution is -2.33. The number of hydrogen-bond acceptors (Lipinski definition) is 8. The average molecular weight is 548 g/mol. The Hall–Kier alpha value is -3.57. The predicted molar refractivity (Wildman–Crippen MR) is 142 cm³/mol. The first-order valence-electron chi connectivity index (χ1n) is 12.3. The van der Waals surface area contributed by atoms with Crippen LogP contribution in [0.25, 0.3) is 11.3 Å². The van der Waals surface area contributed by atoms with E-state index in [1.165, 1.54) is 36.4 Å². The van der Waals surface area contributed by atoms with Gasteiger partial charge in [0.05, 0.1) is 18.9 Å². The van der Waals surface area contributed by atoms with Gasteiger partial charge in [-0.05, 0) is 62.1 Å². The molecule has 0 bridgehead atoms. The van der Waals surface area contributed by atoms with Crippen molar-refractivity contribution in [1.29, 1.82) is 0 Å². The highest BCUT2D eigenvalue weighted by Crippen LogP contribution is 2.29. The molecule has 1 N–H and O–H groups in total. The van der Waals surface area contributed by atoms with Crippen molar-refractivity contribution in [3.05, 3.63) is 65.6 Å². The van der Waals surface area contributed by atoms with Crippen LogP contribution < -0.4 is 14.2 Å². The summed E-state index contributed by atoms with van der Waals surface area (Å²) in [6.45, 7) is 6.93. The van der Waals surface area contributed by atoms with E-state index in [4.69, 9.17) is 14.2 Å². The number of ether oxygens (including phenoxy) is 3. The highest BCUT2D eigenvalue weighted by atomic mass is 32.2. The molecule has 3 heterocycles. The molecular weight excluding hydrogens is 513 g/mol. The standard InChI is InChI=1S/C27H30FN3O6S.2H2/c1-17(2)15-36-22-13-19(12-20(28)14-22)24-10-9-23(27(30-24)37-21-7-5-11-35-16-21)26(32)31-38(33,34)25-8-4-6-18(3)29-25;;/h4,6,8-10,12-14,17,21H,5,7,11,15-16H2,1-3H3,(H,31,32);2*1H. The molecule has 2 aromatic heterocycles. The smallest absolute Gasteiger partial charge is 0.281 e. The molecule has 38 heavy (non-hydrogen) atoms. The van der Waals surface area contributed by atoms with Crippen LogP contribution in [-0.2, 0) is 14.8 Å². The van der Waals surface area contributed by atoms with Gasteiger partial charge in [0.15, 0.2) is 5.03 Å². The molecule has 1 aromatic carbocycles. The van der Waals surface area contributed by atoms with Gasteiger partial charge in [-0.2, -0.15) is 8.42 Å². The van der Waals surface area contributed by atoms with E-state index in [1.54, 1.807) is 19.1 Å². The summed E-state index contributed by atoms with van der Waals surface area (Å²) in [4.78, 5) is 21.6. The summed E-state index contributed by atoms with van der Waals surface area (Å²) in [5.74, 6) is -0.931. The Balaban J connectivity index is 0.00000280. The molecule has 1 unspecified atom stereocenters. The van der Waals surface area contributed by atoms with Gasteiger partial charge in [-0.3, -0.25) is 4.79 Å². The van der Waals surface area contributed by atoms with Crippen LogP contribution in [0.5, 0.6) is 11.6 Å². The fourth-order valence-corrected chi connectivity index (χ4v) is 4.76. The fourth-order valence-electron chi connectivity index (χ4n) is 3.78. The highest BCUT2D eigenvalue weighted by molar-refractivity contribution is 7.90. The zero-order valence-electron chi connectivity index (χ0n) is 21.4. The second-order valence-corrected chi connectivity index (χ2v) is 11.1. The van der Waals surface area contributed by atoms with Crippen molar-refractivity contribution in [1.82, 2.24) is 14.7 Å². The van der Waals surface area contributed by atoms with Gasteiger partial charge >= 0.3 is 0 Å². The number of aromatic nitrogens is 2. The number of rotatable bonds is 9. The Morgan fingerprint density at radius 3 is 2.74 bits per heavy atom. The second-order valence-electron chi connectivity index (χ2n) is 9.44. The van der Waals surface area contributed by atoms with Crippen molar-refractivity contribution >= 4 is 15.9 Å². The lowest BCUT2D eigenvalue weighted by molar-refractivity contribution is 0.00519. The van der Waals surface area contributed by atoms with E-state index in [9.17, 15) is 17.6 Å². The number of aryl methyl sites for hydroxylation is 1. The molecule has 1 saturated heterocycles. The molecule has 4 rings (SSSR count). The number of amides is 1. The van der Waals surface area contributed by atoms with E-state index < -0.39 is 21.7 Å². The number of pyridine rings is 2. The van der Waals surface area contributed by atoms with Crippen molar-refractivity contribution in [2.45, 2.75) is 44.7 Å². The molecule has 0 saturated carbocycles. The summed E-state index contributed by atoms with van der Waals surface area (Å²) < 4.78 is 59.2. The number of hydrogen-bond donors (Lipinski definition) is 1. The van der Waals surface area contributed by atoms with Gasteiger partial charge in [-0.1, -0.05) is 19.9 Å². The molecule has 206 valence electrons. The topological polar surface area (TPSA) is 117 Å². The zero-order chi connectivity index (χ0) is 27.3. The van der Waals surface area contributed by atoms with Gasteiger partial charge in [0.1, 0.15) is 23.2 Å². The molecule has 0 aliphatic carbocycles. The van der Waals surface area contributed by atoms with E-state index in [-0.39, 0.29) is 31.3 Å². The lowest BCUT2D eigenvalue weighted by Gasteiger charge is -2.24. The van der Waals surface area contributed by atoms with Crippen LogP contribution in [0, 0.1) is 18.7 Å². The monoisotopic (exact) mass is 547 g/mol. The molecule has 1 aliphatic heterocycles. The van der Waals surface area contributed by atoms with Gasteiger partial charge in [0.25, 0.3) is 15.9 Å². The molecule has 0 radical (unpaired) electrons. The Labute approximate surface area is 224 Å². The maximum Gasteiger partial charge on any atom is 0.281 e. The van der Waals surface area contributed by atoms with Gasteiger partial charge in [0.2, 0.25) is 5.88 Å². The molecule has 1 aliphatic rings. The van der Waals surface area contributed by atoms with Crippen molar-refractivity contribution in [2.24, 2.45) is 5.92 Å². The van der Waals surface area contributed by atoms with Crippen molar-refractivity contribution in [3.63, 3.8) is 0 Å². The minimum atomic E-state index is -4.25. The third-order valence-electron chi connectivity index (χ3n) is 5.62. The number of benzene rings is 1. The van der Waals surface area contributed by atoms with Crippen LogP contribution in [0.4, 0.5) is 4.39 Å². The minimum absolute atomic E-state index is 0. The third kappa shape index (κ3) is 7.05. The fraction of sp³-hybridized carbons (Fsp3) is 0.370. The maximum absolute atomic E-state index is 14.4. The summed E-state index contributed by atoms with van der Waals surface area (Å²) in [6, 6.07) is 11.6. The SMILES string of the molecule is Cc1cccc(S(=O)(=O)NC(=O)c2ccc(-c3cc(F)cc(OCC(C)C)c3)nc2OC2CCCOC2)n1.[HH].[HH]. The van der Waals surface area contributed by atoms with Crippen molar-refractivity contribution < 1.29 is 34.7 Å². The van der Waals surface area contributed by atoms with Gasteiger partial charge in [-0.25, -0.2) is 19.1 Å². The average Bonchev–Trinajstić information content (AvgIpc) is 2.87. The molecular formula is C27H34FN3O6S. The normalized spacial score (nSPS) is 15.8. The van der Waals surface area contributed by atoms with Crippen LogP contribution in [0.2, 0.25) is 0 Å². The molecule has 9 nitrogen and oxygen atoms in total. The van der Waals surface area contributed by atoms with Gasteiger partial charge in [-0.15, -0.1) is 0 Å². The molecule has 11 heteroatoms. The van der Waals surface area contributed by atoms with Crippen LogP contribution >= 0.6 is 0 Å². The highest BCUT2D eigenvalue weighted by Gasteiger charge is 2.26. The van der Waals surface area contributed by atoms with E-state index in [0.717, 1.165) is 6.42 Å². The first-order valence-corrected chi connectivity index (χ1v) is 13.8. The molecule has 0 spiro atoms. The molecule has 1 atom stereocenters. The summed E-state index contributed by atoms with van der Waals surface area (Å²) in [5.41, 5.74) is 1.13. The van der Waals surface area contributed by atoms with E-state index in [2.05, 4.69) is 9.97 Å². The number of carbonyl (C=O) groups is 1. The summed E-state index contributed by atoms with van der Waals surface area (Å²) >= 11 is 0. The van der Waals surface area contributed by atoms with Gasteiger partial charge < -0.3 is 14.2 Å². The molecule has 3 aromatic rings. The Kier molecular flexibility index (Phi) is 8.58. The number of nitrogens with zero attached hydrogens (tertiary/aromatic N) is 2. The van der Waals surface area contributed by atoms with Gasteiger partial charge in [0, 0.05) is 26.8 Å². The summed E-state index contributed by atoms with van der Waals surface area (Å²) in [7, 11) is -4.25. The van der Waals surface area contributed by atoms with E-state index in [1.807, 2.05) is 18.6 Å². The van der Waals surface area contributed by atoms with Crippen LogP contribution in [-0.4, -0.2) is 50.2 Å². The van der Waals surface area contributed by atoms with E-state index >= 15 is 0 Å². The number of sulfonamides is 1. The number of halogens is 1. The number of carbonyl (C=O) groups excluding carboxylic acids is 1. The van der Waals surface area contributed by atoms with Crippen LogP contribution in [0.1, 0.15) is 45.6 Å². The van der Waals surface area contributed by atoms with E-state index in [0.29, 0.717) is 48.9 Å². The molecule has 1 amide bonds. The largest absolute Gasteiger partial charge is 0.493 e. The Morgan fingerprint density at radius 2 is 2.03 bits per heavy atom. The first kappa shape index (κ1) is 27.5. The third-order valence-corrected chi connectivity index (χ3v) is 6.85. The summed E-state index contributed by atoms with van der Waals surface area (Å²) in [6.07, 6.45) is 1.05. The molecule has 1 fully saturated rings. The van der Waals surface area contributed by atoms with Crippen molar-refractivity contribution in [3.8, 4) is 22.9 Å². The van der Waals surface area contributed by atoms with Crippen LogP contribution in [0.3, 0.4) is 0 Å². The lowest BCUT2D eigenvalue weighted by atomic mass is 10.1. The quantitative estimate of drug-likeness (QED) is 0.406. The predicted octanol–water partition coefficient (Wildman–Crippen LogP) is 4.79. The summed E-state index contributed by atoms with van der Waals surface area (Å²) in [5, 5.41) is -0.285. The maximum atomic E-state index is 14.4. The zero-order valence-corrected chi connectivity index (χ0v) is 22.3. The Bertz CT molecular complexity index is 1420. The first-order chi connectivity index (χ1) is 18.1. The Morgan fingerprint density at radius 1 is 1.21 bits per heavy atom. The number of nitrogens with one attached hydrogen (secondary N) is 1. The second kappa shape index (κ2) is 11.9. The van der Waals surface area contributed by atoms with Crippen LogP contribution in [0.15, 0.2) is 53.6 Å². The van der Waals surface area contributed by atoms with Crippen molar-refractivity contribution in [2.75, 3.05) is 19.8 Å². The minimum Gasteiger partial charge on any atom is -0.493 e.